The summed E-state index contributed by atoms with van der Waals surface area (Å²) in [5.41, 5.74) is 9.16. The summed E-state index contributed by atoms with van der Waals surface area (Å²) in [5.74, 6) is 0.720. The van der Waals surface area contributed by atoms with E-state index in [1.165, 1.54) is 33.4 Å². The first kappa shape index (κ1) is 20.2. The van der Waals surface area contributed by atoms with Crippen LogP contribution in [0.15, 0.2) is 33.5 Å². The first-order chi connectivity index (χ1) is 13.3. The molecule has 3 heteroatoms. The lowest BCUT2D eigenvalue weighted by Crippen LogP contribution is -2.06. The fourth-order valence-corrected chi connectivity index (χ4v) is 3.82. The summed E-state index contributed by atoms with van der Waals surface area (Å²) in [4.78, 5) is 11.9. The minimum absolute atomic E-state index is 0.299. The van der Waals surface area contributed by atoms with Crippen LogP contribution in [0.1, 0.15) is 58.7 Å². The second-order valence-electron chi connectivity index (χ2n) is 7.74. The fraction of sp³-hybridized carbons (Fsp3) is 0.400. The lowest BCUT2D eigenvalue weighted by atomic mass is 9.90. The molecular weight excluding hydrogens is 348 g/mol. The Labute approximate surface area is 167 Å². The maximum atomic E-state index is 11.9. The average Bonchev–Trinajstić information content (AvgIpc) is 2.68. The van der Waals surface area contributed by atoms with Crippen molar-refractivity contribution in [1.29, 1.82) is 0 Å². The highest BCUT2D eigenvalue weighted by Crippen LogP contribution is 2.28. The molecule has 0 amide bonds. The molecule has 1 aromatic heterocycles. The molecule has 3 nitrogen and oxygen atoms in total. The van der Waals surface area contributed by atoms with Gasteiger partial charge in [-0.2, -0.15) is 0 Å². The summed E-state index contributed by atoms with van der Waals surface area (Å²) in [7, 11) is 0. The number of rotatable bonds is 6. The third kappa shape index (κ3) is 3.84. The van der Waals surface area contributed by atoms with Crippen LogP contribution in [-0.4, -0.2) is 0 Å². The summed E-state index contributed by atoms with van der Waals surface area (Å²) in [6.45, 7) is 13.5. The van der Waals surface area contributed by atoms with Gasteiger partial charge in [-0.1, -0.05) is 13.3 Å². The van der Waals surface area contributed by atoms with Gasteiger partial charge < -0.3 is 9.15 Å². The molecule has 148 valence electrons. The number of fused-ring (bicyclic) bond motifs is 1. The van der Waals surface area contributed by atoms with Crippen LogP contribution in [0.2, 0.25) is 0 Å². The number of benzene rings is 2. The predicted molar refractivity (Wildman–Crippen MR) is 116 cm³/mol. The van der Waals surface area contributed by atoms with Crippen molar-refractivity contribution in [2.75, 3.05) is 0 Å². The molecule has 2 aromatic carbocycles. The van der Waals surface area contributed by atoms with Crippen molar-refractivity contribution in [1.82, 2.24) is 0 Å². The van der Waals surface area contributed by atoms with Gasteiger partial charge in [-0.15, -0.1) is 0 Å². The Balaban J connectivity index is 1.91. The molecule has 1 heterocycles. The van der Waals surface area contributed by atoms with Crippen molar-refractivity contribution in [3.63, 3.8) is 0 Å². The summed E-state index contributed by atoms with van der Waals surface area (Å²) >= 11 is 0. The third-order valence-electron chi connectivity index (χ3n) is 6.14. The van der Waals surface area contributed by atoms with Crippen molar-refractivity contribution in [2.45, 2.75) is 67.4 Å². The van der Waals surface area contributed by atoms with Gasteiger partial charge in [0.25, 0.3) is 0 Å². The van der Waals surface area contributed by atoms with E-state index in [1.807, 2.05) is 18.2 Å². The first-order valence-electron chi connectivity index (χ1n) is 10.1. The van der Waals surface area contributed by atoms with Gasteiger partial charge >= 0.3 is 5.63 Å². The van der Waals surface area contributed by atoms with Crippen LogP contribution in [0.3, 0.4) is 0 Å². The van der Waals surface area contributed by atoms with E-state index in [4.69, 9.17) is 9.15 Å². The Morgan fingerprint density at radius 2 is 1.54 bits per heavy atom. The smallest absolute Gasteiger partial charge is 0.336 e. The fourth-order valence-electron chi connectivity index (χ4n) is 3.82. The Morgan fingerprint density at radius 1 is 0.893 bits per heavy atom. The van der Waals surface area contributed by atoms with Crippen LogP contribution in [0.4, 0.5) is 0 Å². The van der Waals surface area contributed by atoms with Crippen molar-refractivity contribution < 1.29 is 9.15 Å². The molecule has 0 aliphatic heterocycles. The topological polar surface area (TPSA) is 39.4 Å². The largest absolute Gasteiger partial charge is 0.489 e. The zero-order valence-electron chi connectivity index (χ0n) is 17.9. The van der Waals surface area contributed by atoms with Crippen molar-refractivity contribution in [3.8, 4) is 5.75 Å². The van der Waals surface area contributed by atoms with Gasteiger partial charge in [0, 0.05) is 17.5 Å². The lowest BCUT2D eigenvalue weighted by Gasteiger charge is -2.19. The van der Waals surface area contributed by atoms with E-state index < -0.39 is 0 Å². The summed E-state index contributed by atoms with van der Waals surface area (Å²) in [6, 6.07) is 7.42. The molecule has 0 saturated heterocycles. The van der Waals surface area contributed by atoms with Gasteiger partial charge in [0.05, 0.1) is 0 Å². The van der Waals surface area contributed by atoms with Crippen molar-refractivity contribution >= 4 is 11.0 Å². The molecule has 0 unspecified atom stereocenters. The first-order valence-corrected chi connectivity index (χ1v) is 10.1. The van der Waals surface area contributed by atoms with E-state index in [0.29, 0.717) is 12.2 Å². The number of unbranched alkanes of at least 4 members (excludes halogenated alkanes) is 1. The Hall–Kier alpha value is -2.55. The maximum absolute atomic E-state index is 11.9. The molecule has 0 fully saturated rings. The zero-order chi connectivity index (χ0) is 20.4. The minimum atomic E-state index is -0.299. The van der Waals surface area contributed by atoms with Gasteiger partial charge in [-0.05, 0) is 98.5 Å². The second-order valence-corrected chi connectivity index (χ2v) is 7.74. The summed E-state index contributed by atoms with van der Waals surface area (Å²) in [6.07, 6.45) is 3.04. The standard InChI is InChI=1S/C25H30O3/c1-7-8-9-20-12-25(26)28-24-13-21(10-11-22(20)24)27-14-23-18(5)16(3)15(2)17(4)19(23)6/h10-13H,7-9,14H2,1-6H3. The number of ether oxygens (including phenoxy) is 1. The highest BCUT2D eigenvalue weighted by molar-refractivity contribution is 5.81. The van der Waals surface area contributed by atoms with Gasteiger partial charge in [-0.3, -0.25) is 0 Å². The van der Waals surface area contributed by atoms with Crippen LogP contribution >= 0.6 is 0 Å². The van der Waals surface area contributed by atoms with Gasteiger partial charge in [0.2, 0.25) is 0 Å². The molecule has 3 aromatic rings. The van der Waals surface area contributed by atoms with Crippen LogP contribution in [0.25, 0.3) is 11.0 Å². The Kier molecular flexibility index (Phi) is 5.93. The lowest BCUT2D eigenvalue weighted by molar-refractivity contribution is 0.304. The van der Waals surface area contributed by atoms with E-state index in [1.54, 1.807) is 6.07 Å². The number of aryl methyl sites for hydroxylation is 1. The van der Waals surface area contributed by atoms with E-state index in [9.17, 15) is 4.79 Å². The average molecular weight is 379 g/mol. The highest BCUT2D eigenvalue weighted by atomic mass is 16.5. The van der Waals surface area contributed by atoms with Gasteiger partial charge in [0.1, 0.15) is 17.9 Å². The maximum Gasteiger partial charge on any atom is 0.336 e. The molecule has 0 aliphatic carbocycles. The van der Waals surface area contributed by atoms with Crippen LogP contribution < -0.4 is 10.4 Å². The SMILES string of the molecule is CCCCc1cc(=O)oc2cc(OCc3c(C)c(C)c(C)c(C)c3C)ccc12. The quantitative estimate of drug-likeness (QED) is 0.475. The van der Waals surface area contributed by atoms with E-state index >= 15 is 0 Å². The molecule has 0 saturated carbocycles. The normalized spacial score (nSPS) is 11.2. The summed E-state index contributed by atoms with van der Waals surface area (Å²) in [5, 5.41) is 0.995. The zero-order valence-corrected chi connectivity index (χ0v) is 17.9. The Bertz CT molecular complexity index is 1040. The molecule has 0 aliphatic rings. The van der Waals surface area contributed by atoms with Crippen LogP contribution in [0.5, 0.6) is 5.75 Å². The van der Waals surface area contributed by atoms with Crippen LogP contribution in [-0.2, 0) is 13.0 Å². The van der Waals surface area contributed by atoms with Crippen LogP contribution in [0, 0.1) is 34.6 Å². The molecule has 28 heavy (non-hydrogen) atoms. The molecule has 0 radical (unpaired) electrons. The summed E-state index contributed by atoms with van der Waals surface area (Å²) < 4.78 is 11.6. The third-order valence-corrected chi connectivity index (χ3v) is 6.14. The molecule has 3 rings (SSSR count). The monoisotopic (exact) mass is 378 g/mol. The molecule has 0 N–H and O–H groups in total. The van der Waals surface area contributed by atoms with Gasteiger partial charge in [0.15, 0.2) is 0 Å². The number of hydrogen-bond donors (Lipinski definition) is 0. The molecule has 0 atom stereocenters. The van der Waals surface area contributed by atoms with E-state index in [2.05, 4.69) is 41.5 Å². The minimum Gasteiger partial charge on any atom is -0.489 e. The van der Waals surface area contributed by atoms with E-state index in [-0.39, 0.29) is 5.63 Å². The molecular formula is C25H30O3. The highest BCUT2D eigenvalue weighted by Gasteiger charge is 2.13. The number of hydrogen-bond acceptors (Lipinski definition) is 3. The van der Waals surface area contributed by atoms with Crippen molar-refractivity contribution in [3.05, 3.63) is 73.6 Å². The van der Waals surface area contributed by atoms with E-state index in [0.717, 1.165) is 36.0 Å². The molecule has 0 spiro atoms. The Morgan fingerprint density at radius 3 is 2.18 bits per heavy atom. The molecule has 0 bridgehead atoms. The predicted octanol–water partition coefficient (Wildman–Crippen LogP) is 6.26. The van der Waals surface area contributed by atoms with Gasteiger partial charge in [-0.25, -0.2) is 4.79 Å². The second kappa shape index (κ2) is 8.22. The van der Waals surface area contributed by atoms with Crippen molar-refractivity contribution in [2.24, 2.45) is 0 Å².